The maximum absolute atomic E-state index is 13.4. The molecule has 5 rings (SSSR count). The van der Waals surface area contributed by atoms with Crippen molar-refractivity contribution in [1.29, 1.82) is 0 Å². The fourth-order valence-corrected chi connectivity index (χ4v) is 4.35. The molecule has 3 aromatic carbocycles. The third kappa shape index (κ3) is 6.07. The van der Waals surface area contributed by atoms with Gasteiger partial charge in [-0.15, -0.1) is 0 Å². The van der Waals surface area contributed by atoms with Crippen molar-refractivity contribution in [2.75, 3.05) is 13.2 Å². The van der Waals surface area contributed by atoms with Crippen LogP contribution in [0.4, 0.5) is 0 Å². The number of hydrogen-bond donors (Lipinski definition) is 2. The van der Waals surface area contributed by atoms with E-state index in [-0.39, 0.29) is 23.6 Å². The summed E-state index contributed by atoms with van der Waals surface area (Å²) in [6.07, 6.45) is 5.41. The van der Waals surface area contributed by atoms with E-state index in [1.807, 2.05) is 85.9 Å². The zero-order valence-electron chi connectivity index (χ0n) is 21.3. The summed E-state index contributed by atoms with van der Waals surface area (Å²) in [5, 5.41) is 10.6. The summed E-state index contributed by atoms with van der Waals surface area (Å²) in [4.78, 5) is 26.5. The van der Waals surface area contributed by atoms with Crippen molar-refractivity contribution in [2.45, 2.75) is 25.9 Å². The summed E-state index contributed by atoms with van der Waals surface area (Å²) in [5.74, 6) is -0.743. The minimum absolute atomic E-state index is 0.0197. The van der Waals surface area contributed by atoms with Crippen LogP contribution < -0.4 is 10.6 Å². The van der Waals surface area contributed by atoms with Crippen LogP contribution in [0.15, 0.2) is 96.8 Å². The van der Waals surface area contributed by atoms with Gasteiger partial charge in [0.15, 0.2) is 0 Å². The summed E-state index contributed by atoms with van der Waals surface area (Å²) in [6.45, 7) is 3.04. The van der Waals surface area contributed by atoms with Gasteiger partial charge in [-0.25, -0.2) is 4.68 Å². The Morgan fingerprint density at radius 2 is 1.71 bits per heavy atom. The first kappa shape index (κ1) is 25.2. The molecule has 0 unspecified atom stereocenters. The molecule has 4 aromatic rings. The van der Waals surface area contributed by atoms with Gasteiger partial charge in [0.2, 0.25) is 0 Å². The van der Waals surface area contributed by atoms with Gasteiger partial charge in [-0.3, -0.25) is 9.59 Å². The van der Waals surface area contributed by atoms with Gasteiger partial charge in [0, 0.05) is 36.0 Å². The van der Waals surface area contributed by atoms with Crippen LogP contribution in [0, 0.1) is 6.92 Å². The number of hydrogen-bond acceptors (Lipinski definition) is 4. The number of amides is 2. The SMILES string of the molecule is Cc1ccc(C(=O)N/C(=C\c2cn(-c3ccccc3)nc2-c2ccccc2)C(=O)NC[C@H]2CCCO2)cc1. The lowest BCUT2D eigenvalue weighted by Crippen LogP contribution is -2.38. The first-order chi connectivity index (χ1) is 18.6. The van der Waals surface area contributed by atoms with Gasteiger partial charge in [-0.1, -0.05) is 66.2 Å². The predicted molar refractivity (Wildman–Crippen MR) is 148 cm³/mol. The normalized spacial score (nSPS) is 15.3. The quantitative estimate of drug-likeness (QED) is 0.333. The van der Waals surface area contributed by atoms with E-state index in [1.165, 1.54) is 0 Å². The highest BCUT2D eigenvalue weighted by Gasteiger charge is 2.21. The van der Waals surface area contributed by atoms with Gasteiger partial charge in [-0.05, 0) is 50.1 Å². The van der Waals surface area contributed by atoms with Gasteiger partial charge in [0.1, 0.15) is 11.4 Å². The molecule has 1 fully saturated rings. The van der Waals surface area contributed by atoms with E-state index in [1.54, 1.807) is 22.9 Å². The van der Waals surface area contributed by atoms with Crippen LogP contribution in [0.25, 0.3) is 23.0 Å². The Morgan fingerprint density at radius 3 is 2.39 bits per heavy atom. The molecule has 7 heteroatoms. The van der Waals surface area contributed by atoms with E-state index in [0.29, 0.717) is 30.0 Å². The van der Waals surface area contributed by atoms with Crippen molar-refractivity contribution in [1.82, 2.24) is 20.4 Å². The predicted octanol–water partition coefficient (Wildman–Crippen LogP) is 4.91. The van der Waals surface area contributed by atoms with E-state index >= 15 is 0 Å². The molecular weight excluding hydrogens is 476 g/mol. The van der Waals surface area contributed by atoms with Crippen molar-refractivity contribution in [3.63, 3.8) is 0 Å². The van der Waals surface area contributed by atoms with E-state index in [9.17, 15) is 9.59 Å². The number of ether oxygens (including phenoxy) is 1. The van der Waals surface area contributed by atoms with Crippen LogP contribution in [-0.2, 0) is 9.53 Å². The van der Waals surface area contributed by atoms with Gasteiger partial charge in [0.05, 0.1) is 11.8 Å². The Balaban J connectivity index is 1.52. The highest BCUT2D eigenvalue weighted by molar-refractivity contribution is 6.05. The molecular formula is C31H30N4O3. The average molecular weight is 507 g/mol. The topological polar surface area (TPSA) is 85.2 Å². The molecule has 1 aliphatic rings. The van der Waals surface area contributed by atoms with Crippen molar-refractivity contribution in [2.24, 2.45) is 0 Å². The Hall–Kier alpha value is -4.49. The van der Waals surface area contributed by atoms with Crippen molar-refractivity contribution in [3.8, 4) is 16.9 Å². The van der Waals surface area contributed by atoms with Crippen molar-refractivity contribution < 1.29 is 14.3 Å². The van der Waals surface area contributed by atoms with Crippen molar-refractivity contribution >= 4 is 17.9 Å². The maximum Gasteiger partial charge on any atom is 0.267 e. The molecule has 2 amide bonds. The van der Waals surface area contributed by atoms with E-state index < -0.39 is 0 Å². The number of rotatable bonds is 8. The standard InChI is InChI=1S/C31H30N4O3/c1-22-14-16-24(17-15-22)30(36)33-28(31(37)32-20-27-13-8-18-38-27)19-25-21-35(26-11-6-3-7-12-26)34-29(25)23-9-4-2-5-10-23/h2-7,9-12,14-17,19,21,27H,8,13,18,20H2,1H3,(H,32,37)(H,33,36)/b28-19-/t27-/m1/s1. The fourth-order valence-electron chi connectivity index (χ4n) is 4.35. The Bertz CT molecular complexity index is 1420. The van der Waals surface area contributed by atoms with Crippen LogP contribution in [0.3, 0.4) is 0 Å². The Kier molecular flexibility index (Phi) is 7.75. The van der Waals surface area contributed by atoms with Crippen LogP contribution in [-0.4, -0.2) is 40.9 Å². The molecule has 0 aliphatic carbocycles. The first-order valence-electron chi connectivity index (χ1n) is 12.8. The van der Waals surface area contributed by atoms with Crippen molar-refractivity contribution in [3.05, 3.63) is 114 Å². The molecule has 0 bridgehead atoms. The smallest absolute Gasteiger partial charge is 0.267 e. The molecule has 1 aromatic heterocycles. The van der Waals surface area contributed by atoms with E-state index in [2.05, 4.69) is 10.6 Å². The lowest BCUT2D eigenvalue weighted by Gasteiger charge is -2.14. The second kappa shape index (κ2) is 11.7. The number of aromatic nitrogens is 2. The number of para-hydroxylation sites is 1. The highest BCUT2D eigenvalue weighted by atomic mass is 16.5. The summed E-state index contributed by atoms with van der Waals surface area (Å²) in [5.41, 5.74) is 4.84. The summed E-state index contributed by atoms with van der Waals surface area (Å²) in [7, 11) is 0. The molecule has 1 atom stereocenters. The molecule has 2 heterocycles. The molecule has 38 heavy (non-hydrogen) atoms. The van der Waals surface area contributed by atoms with E-state index in [0.717, 1.165) is 29.7 Å². The maximum atomic E-state index is 13.4. The number of nitrogens with zero attached hydrogens (tertiary/aromatic N) is 2. The van der Waals surface area contributed by atoms with Crippen LogP contribution >= 0.6 is 0 Å². The van der Waals surface area contributed by atoms with Gasteiger partial charge in [0.25, 0.3) is 11.8 Å². The number of aryl methyl sites for hydroxylation is 1. The van der Waals surface area contributed by atoms with Crippen LogP contribution in [0.2, 0.25) is 0 Å². The fraction of sp³-hybridized carbons (Fsp3) is 0.194. The van der Waals surface area contributed by atoms with E-state index in [4.69, 9.17) is 9.84 Å². The summed E-state index contributed by atoms with van der Waals surface area (Å²) >= 11 is 0. The second-order valence-corrected chi connectivity index (χ2v) is 9.30. The summed E-state index contributed by atoms with van der Waals surface area (Å²) in [6, 6.07) is 26.8. The monoisotopic (exact) mass is 506 g/mol. The number of benzene rings is 3. The molecule has 0 radical (unpaired) electrons. The zero-order valence-corrected chi connectivity index (χ0v) is 21.3. The lowest BCUT2D eigenvalue weighted by atomic mass is 10.1. The Labute approximate surface area is 222 Å². The molecule has 2 N–H and O–H groups in total. The van der Waals surface area contributed by atoms with Gasteiger partial charge >= 0.3 is 0 Å². The van der Waals surface area contributed by atoms with Crippen LogP contribution in [0.5, 0.6) is 0 Å². The molecule has 7 nitrogen and oxygen atoms in total. The molecule has 0 saturated carbocycles. The molecule has 192 valence electrons. The minimum atomic E-state index is -0.382. The van der Waals surface area contributed by atoms with Crippen LogP contribution in [0.1, 0.15) is 34.3 Å². The number of carbonyl (C=O) groups excluding carboxylic acids is 2. The largest absolute Gasteiger partial charge is 0.376 e. The first-order valence-corrected chi connectivity index (χ1v) is 12.8. The minimum Gasteiger partial charge on any atom is -0.376 e. The lowest BCUT2D eigenvalue weighted by molar-refractivity contribution is -0.118. The van der Waals surface area contributed by atoms with Gasteiger partial charge < -0.3 is 15.4 Å². The second-order valence-electron chi connectivity index (χ2n) is 9.30. The third-order valence-electron chi connectivity index (χ3n) is 6.43. The zero-order chi connectivity index (χ0) is 26.3. The number of carbonyl (C=O) groups is 2. The third-order valence-corrected chi connectivity index (χ3v) is 6.43. The molecule has 1 aliphatic heterocycles. The van der Waals surface area contributed by atoms with Gasteiger partial charge in [-0.2, -0.15) is 5.10 Å². The summed E-state index contributed by atoms with van der Waals surface area (Å²) < 4.78 is 7.43. The molecule has 0 spiro atoms. The highest BCUT2D eigenvalue weighted by Crippen LogP contribution is 2.25. The average Bonchev–Trinajstić information content (AvgIpc) is 3.63. The Morgan fingerprint density at radius 1 is 1.00 bits per heavy atom. The molecule has 1 saturated heterocycles. The number of nitrogens with one attached hydrogen (secondary N) is 2.